The first-order valence-electron chi connectivity index (χ1n) is 9.99. The lowest BCUT2D eigenvalue weighted by molar-refractivity contribution is -0.213. The summed E-state index contributed by atoms with van der Waals surface area (Å²) in [5.41, 5.74) is 3.81. The zero-order valence-corrected chi connectivity index (χ0v) is 15.6. The van der Waals surface area contributed by atoms with E-state index in [1.54, 1.807) is 25.4 Å². The van der Waals surface area contributed by atoms with Gasteiger partial charge in [0.05, 0.1) is 0 Å². The SMILES string of the molecule is COC1(OC)CCC2=C(CC[C@@H]3[C@@H]2CC[C@]2(C)[C@H](CO)CC[C@H]32)C1. The largest absolute Gasteiger partial charge is 0.396 e. The van der Waals surface area contributed by atoms with Crippen LogP contribution < -0.4 is 0 Å². The average Bonchev–Trinajstić information content (AvgIpc) is 2.97. The Morgan fingerprint density at radius 2 is 1.83 bits per heavy atom. The Balaban J connectivity index is 1.59. The fourth-order valence-corrected chi connectivity index (χ4v) is 7.03. The highest BCUT2D eigenvalue weighted by molar-refractivity contribution is 5.28. The van der Waals surface area contributed by atoms with Gasteiger partial charge in [0.25, 0.3) is 0 Å². The van der Waals surface area contributed by atoms with Crippen molar-refractivity contribution in [2.24, 2.45) is 29.1 Å². The number of allylic oxidation sites excluding steroid dienone is 1. The molecule has 3 nitrogen and oxygen atoms in total. The zero-order valence-electron chi connectivity index (χ0n) is 15.6. The van der Waals surface area contributed by atoms with Crippen LogP contribution in [0.1, 0.15) is 64.7 Å². The Morgan fingerprint density at radius 1 is 1.04 bits per heavy atom. The van der Waals surface area contributed by atoms with Crippen molar-refractivity contribution >= 4 is 0 Å². The summed E-state index contributed by atoms with van der Waals surface area (Å²) in [6.07, 6.45) is 10.9. The van der Waals surface area contributed by atoms with E-state index in [0.717, 1.165) is 37.0 Å². The van der Waals surface area contributed by atoms with E-state index in [-0.39, 0.29) is 5.79 Å². The van der Waals surface area contributed by atoms with Gasteiger partial charge in [0.15, 0.2) is 5.79 Å². The third kappa shape index (κ3) is 2.34. The number of aliphatic hydroxyl groups is 1. The Hall–Kier alpha value is -0.380. The molecule has 0 heterocycles. The Bertz CT molecular complexity index is 521. The third-order valence-electron chi connectivity index (χ3n) is 8.54. The molecule has 4 rings (SSSR count). The third-order valence-corrected chi connectivity index (χ3v) is 8.54. The standard InChI is InChI=1S/C21H34O3/c1-20-10-8-17-16-9-11-21(23-2,24-3)12-14(16)4-6-18(17)19(20)7-5-15(20)13-22/h15,17-19,22H,4-13H2,1-3H3/t15-,17+,18+,19+,20+/m0/s1. The number of ether oxygens (including phenoxy) is 2. The van der Waals surface area contributed by atoms with E-state index in [1.165, 1.54) is 38.5 Å². The first kappa shape index (κ1) is 17.1. The fourth-order valence-electron chi connectivity index (χ4n) is 7.03. The van der Waals surface area contributed by atoms with E-state index in [4.69, 9.17) is 9.47 Å². The lowest BCUT2D eigenvalue weighted by Gasteiger charge is -2.53. The monoisotopic (exact) mass is 334 g/mol. The van der Waals surface area contributed by atoms with Gasteiger partial charge in [-0.05, 0) is 74.0 Å². The summed E-state index contributed by atoms with van der Waals surface area (Å²) >= 11 is 0. The summed E-state index contributed by atoms with van der Waals surface area (Å²) < 4.78 is 11.5. The van der Waals surface area contributed by atoms with Gasteiger partial charge >= 0.3 is 0 Å². The summed E-state index contributed by atoms with van der Waals surface area (Å²) in [7, 11) is 3.58. The predicted molar refractivity (Wildman–Crippen MR) is 94.5 cm³/mol. The van der Waals surface area contributed by atoms with Gasteiger partial charge in [-0.1, -0.05) is 18.1 Å². The molecule has 0 spiro atoms. The van der Waals surface area contributed by atoms with E-state index in [2.05, 4.69) is 6.92 Å². The van der Waals surface area contributed by atoms with Gasteiger partial charge in [-0.3, -0.25) is 0 Å². The van der Waals surface area contributed by atoms with Crippen molar-refractivity contribution < 1.29 is 14.6 Å². The minimum Gasteiger partial charge on any atom is -0.396 e. The second kappa shape index (κ2) is 6.10. The Labute approximate surface area is 146 Å². The van der Waals surface area contributed by atoms with Crippen LogP contribution in [0.2, 0.25) is 0 Å². The van der Waals surface area contributed by atoms with Crippen LogP contribution in [-0.2, 0) is 9.47 Å². The van der Waals surface area contributed by atoms with Crippen LogP contribution in [-0.4, -0.2) is 31.7 Å². The maximum absolute atomic E-state index is 9.83. The van der Waals surface area contributed by atoms with Crippen LogP contribution in [0, 0.1) is 29.1 Å². The van der Waals surface area contributed by atoms with Crippen LogP contribution in [0.5, 0.6) is 0 Å². The van der Waals surface area contributed by atoms with E-state index in [1.807, 2.05) is 0 Å². The van der Waals surface area contributed by atoms with Gasteiger partial charge in [-0.15, -0.1) is 0 Å². The van der Waals surface area contributed by atoms with Crippen molar-refractivity contribution in [2.45, 2.75) is 70.5 Å². The number of methoxy groups -OCH3 is 2. The molecule has 5 atom stereocenters. The molecule has 0 unspecified atom stereocenters. The summed E-state index contributed by atoms with van der Waals surface area (Å²) in [6.45, 7) is 2.87. The minimum atomic E-state index is -0.371. The number of rotatable bonds is 3. The van der Waals surface area contributed by atoms with Gasteiger partial charge in [0, 0.05) is 33.7 Å². The Morgan fingerprint density at radius 3 is 2.54 bits per heavy atom. The molecule has 0 radical (unpaired) electrons. The summed E-state index contributed by atoms with van der Waals surface area (Å²) in [5, 5.41) is 9.83. The van der Waals surface area contributed by atoms with Crippen LogP contribution in [0.4, 0.5) is 0 Å². The quantitative estimate of drug-likeness (QED) is 0.618. The van der Waals surface area contributed by atoms with Crippen molar-refractivity contribution in [1.29, 1.82) is 0 Å². The van der Waals surface area contributed by atoms with Gasteiger partial charge in [0.1, 0.15) is 0 Å². The van der Waals surface area contributed by atoms with Crippen molar-refractivity contribution in [1.82, 2.24) is 0 Å². The molecule has 136 valence electrons. The van der Waals surface area contributed by atoms with Crippen LogP contribution in [0.15, 0.2) is 11.1 Å². The molecule has 1 N–H and O–H groups in total. The second-order valence-electron chi connectivity index (χ2n) is 9.04. The number of aliphatic hydroxyl groups excluding tert-OH is 1. The smallest absolute Gasteiger partial charge is 0.171 e. The van der Waals surface area contributed by atoms with Gasteiger partial charge < -0.3 is 14.6 Å². The highest BCUT2D eigenvalue weighted by Crippen LogP contribution is 2.63. The molecular weight excluding hydrogens is 300 g/mol. The molecule has 2 saturated carbocycles. The first-order chi connectivity index (χ1) is 11.6. The van der Waals surface area contributed by atoms with Crippen LogP contribution >= 0.6 is 0 Å². The highest BCUT2D eigenvalue weighted by atomic mass is 16.7. The normalized spacial score (nSPS) is 44.0. The molecule has 4 aliphatic carbocycles. The molecule has 0 aromatic carbocycles. The molecule has 0 aromatic rings. The van der Waals surface area contributed by atoms with E-state index in [9.17, 15) is 5.11 Å². The second-order valence-corrected chi connectivity index (χ2v) is 9.04. The molecule has 0 aliphatic heterocycles. The fraction of sp³-hybridized carbons (Fsp3) is 0.905. The highest BCUT2D eigenvalue weighted by Gasteiger charge is 2.55. The molecule has 3 heteroatoms. The van der Waals surface area contributed by atoms with Crippen LogP contribution in [0.25, 0.3) is 0 Å². The summed E-state index contributed by atoms with van der Waals surface area (Å²) in [6, 6.07) is 0. The molecule has 0 bridgehead atoms. The number of hydrogen-bond donors (Lipinski definition) is 1. The lowest BCUT2D eigenvalue weighted by atomic mass is 9.53. The molecular formula is C21H34O3. The van der Waals surface area contributed by atoms with Crippen molar-refractivity contribution in [3.63, 3.8) is 0 Å². The Kier molecular flexibility index (Phi) is 4.34. The van der Waals surface area contributed by atoms with Crippen LogP contribution in [0.3, 0.4) is 0 Å². The summed E-state index contributed by atoms with van der Waals surface area (Å²) in [5.74, 6) is 2.66. The summed E-state index contributed by atoms with van der Waals surface area (Å²) in [4.78, 5) is 0. The molecule has 0 saturated heterocycles. The molecule has 24 heavy (non-hydrogen) atoms. The predicted octanol–water partition coefficient (Wildman–Crippen LogP) is 4.30. The van der Waals surface area contributed by atoms with Gasteiger partial charge in [-0.25, -0.2) is 0 Å². The lowest BCUT2D eigenvalue weighted by Crippen LogP contribution is -2.46. The minimum absolute atomic E-state index is 0.371. The topological polar surface area (TPSA) is 38.7 Å². The molecule has 4 aliphatic rings. The molecule has 2 fully saturated rings. The molecule has 0 aromatic heterocycles. The van der Waals surface area contributed by atoms with Gasteiger partial charge in [-0.2, -0.15) is 0 Å². The van der Waals surface area contributed by atoms with E-state index < -0.39 is 0 Å². The number of fused-ring (bicyclic) bond motifs is 4. The zero-order chi connectivity index (χ0) is 16.9. The van der Waals surface area contributed by atoms with E-state index >= 15 is 0 Å². The van der Waals surface area contributed by atoms with Gasteiger partial charge in [0.2, 0.25) is 0 Å². The van der Waals surface area contributed by atoms with Crippen molar-refractivity contribution in [2.75, 3.05) is 20.8 Å². The van der Waals surface area contributed by atoms with Crippen molar-refractivity contribution in [3.05, 3.63) is 11.1 Å². The average molecular weight is 335 g/mol. The number of hydrogen-bond acceptors (Lipinski definition) is 3. The van der Waals surface area contributed by atoms with E-state index in [0.29, 0.717) is 17.9 Å². The first-order valence-corrected chi connectivity index (χ1v) is 9.99. The van der Waals surface area contributed by atoms with Crippen molar-refractivity contribution in [3.8, 4) is 0 Å². The maximum atomic E-state index is 9.83. The molecule has 0 amide bonds. The maximum Gasteiger partial charge on any atom is 0.171 e.